The lowest BCUT2D eigenvalue weighted by atomic mass is 9.92. The molecule has 2 N–H and O–H groups in total. The van der Waals surface area contributed by atoms with E-state index in [2.05, 4.69) is 12.1 Å². The van der Waals surface area contributed by atoms with Crippen molar-refractivity contribution in [1.82, 2.24) is 0 Å². The Morgan fingerprint density at radius 2 is 2.27 bits per heavy atom. The first-order valence-corrected chi connectivity index (χ1v) is 5.80. The van der Waals surface area contributed by atoms with Gasteiger partial charge in [0.05, 0.1) is 0 Å². The molecule has 1 aliphatic carbocycles. The number of rotatable bonds is 2. The Kier molecular flexibility index (Phi) is 3.45. The van der Waals surface area contributed by atoms with Crippen LogP contribution >= 0.6 is 11.6 Å². The lowest BCUT2D eigenvalue weighted by Crippen LogP contribution is -2.22. The lowest BCUT2D eigenvalue weighted by molar-refractivity contribution is 0.583. The number of benzene rings is 1. The van der Waals surface area contributed by atoms with Crippen LogP contribution in [-0.4, -0.2) is 6.04 Å². The zero-order valence-corrected chi connectivity index (χ0v) is 9.50. The van der Waals surface area contributed by atoms with Crippen LogP contribution < -0.4 is 5.73 Å². The van der Waals surface area contributed by atoms with E-state index in [4.69, 9.17) is 17.3 Å². The van der Waals surface area contributed by atoms with Crippen molar-refractivity contribution in [3.63, 3.8) is 0 Å². The second-order valence-electron chi connectivity index (χ2n) is 4.20. The van der Waals surface area contributed by atoms with Gasteiger partial charge in [-0.15, -0.1) is 0 Å². The van der Waals surface area contributed by atoms with Crippen LogP contribution in [0.4, 0.5) is 0 Å². The maximum atomic E-state index is 5.95. The van der Waals surface area contributed by atoms with Crippen molar-refractivity contribution in [2.75, 3.05) is 0 Å². The third kappa shape index (κ3) is 3.08. The van der Waals surface area contributed by atoms with Crippen molar-refractivity contribution in [2.45, 2.75) is 31.7 Å². The first-order chi connectivity index (χ1) is 7.24. The minimum Gasteiger partial charge on any atom is -0.327 e. The van der Waals surface area contributed by atoms with Gasteiger partial charge in [0.25, 0.3) is 0 Å². The molecule has 0 fully saturated rings. The maximum Gasteiger partial charge on any atom is 0.0408 e. The summed E-state index contributed by atoms with van der Waals surface area (Å²) in [4.78, 5) is 0. The van der Waals surface area contributed by atoms with E-state index in [1.807, 2.05) is 18.2 Å². The van der Waals surface area contributed by atoms with Gasteiger partial charge < -0.3 is 5.73 Å². The summed E-state index contributed by atoms with van der Waals surface area (Å²) in [6, 6.07) is 8.45. The molecule has 0 bridgehead atoms. The quantitative estimate of drug-likeness (QED) is 0.762. The van der Waals surface area contributed by atoms with Gasteiger partial charge in [-0.2, -0.15) is 0 Å². The first-order valence-electron chi connectivity index (χ1n) is 5.42. The Labute approximate surface area is 95.9 Å². The highest BCUT2D eigenvalue weighted by Crippen LogP contribution is 2.21. The summed E-state index contributed by atoms with van der Waals surface area (Å²) < 4.78 is 0. The lowest BCUT2D eigenvalue weighted by Gasteiger charge is -2.18. The smallest absolute Gasteiger partial charge is 0.0408 e. The predicted octanol–water partition coefficient (Wildman–Crippen LogP) is 3.32. The molecule has 0 saturated heterocycles. The van der Waals surface area contributed by atoms with E-state index in [0.717, 1.165) is 30.7 Å². The summed E-state index contributed by atoms with van der Waals surface area (Å²) in [6.45, 7) is 0. The standard InChI is InChI=1S/C13H16ClN/c14-12-3-1-2-11(9-12)8-10-4-6-13(15)7-5-10/h1-4,9,13H,5-8,15H2. The molecule has 80 valence electrons. The van der Waals surface area contributed by atoms with E-state index in [9.17, 15) is 0 Å². The fraction of sp³-hybridized carbons (Fsp3) is 0.385. The van der Waals surface area contributed by atoms with Gasteiger partial charge in [-0.25, -0.2) is 0 Å². The molecule has 0 amide bonds. The van der Waals surface area contributed by atoms with Gasteiger partial charge in [0.1, 0.15) is 0 Å². The SMILES string of the molecule is NC1CC=C(Cc2cccc(Cl)c2)CC1. The Morgan fingerprint density at radius 1 is 1.40 bits per heavy atom. The third-order valence-electron chi connectivity index (χ3n) is 2.87. The molecule has 0 saturated carbocycles. The van der Waals surface area contributed by atoms with Crippen LogP contribution in [0.1, 0.15) is 24.8 Å². The van der Waals surface area contributed by atoms with Crippen molar-refractivity contribution in [2.24, 2.45) is 5.73 Å². The minimum absolute atomic E-state index is 0.369. The topological polar surface area (TPSA) is 26.0 Å². The Bertz CT molecular complexity index is 371. The molecule has 0 aliphatic heterocycles. The average Bonchev–Trinajstić information content (AvgIpc) is 2.22. The van der Waals surface area contributed by atoms with E-state index in [-0.39, 0.29) is 0 Å². The second kappa shape index (κ2) is 4.82. The molecule has 1 unspecified atom stereocenters. The highest BCUT2D eigenvalue weighted by molar-refractivity contribution is 6.30. The van der Waals surface area contributed by atoms with Crippen molar-refractivity contribution in [1.29, 1.82) is 0 Å². The van der Waals surface area contributed by atoms with Gasteiger partial charge in [-0.05, 0) is 43.4 Å². The van der Waals surface area contributed by atoms with Gasteiger partial charge >= 0.3 is 0 Å². The number of hydrogen-bond donors (Lipinski definition) is 1. The molecule has 1 aromatic rings. The Morgan fingerprint density at radius 3 is 2.93 bits per heavy atom. The molecule has 2 heteroatoms. The van der Waals surface area contributed by atoms with Crippen LogP contribution in [0.5, 0.6) is 0 Å². The van der Waals surface area contributed by atoms with Crippen LogP contribution in [0.15, 0.2) is 35.9 Å². The summed E-state index contributed by atoms with van der Waals surface area (Å²) in [5.41, 5.74) is 8.64. The van der Waals surface area contributed by atoms with E-state index in [0.29, 0.717) is 6.04 Å². The average molecular weight is 222 g/mol. The van der Waals surface area contributed by atoms with Gasteiger partial charge in [0, 0.05) is 11.1 Å². The first kappa shape index (κ1) is 10.7. The minimum atomic E-state index is 0.369. The summed E-state index contributed by atoms with van der Waals surface area (Å²) in [5.74, 6) is 0. The normalized spacial score (nSPS) is 21.2. The van der Waals surface area contributed by atoms with E-state index in [1.165, 1.54) is 11.1 Å². The maximum absolute atomic E-state index is 5.95. The van der Waals surface area contributed by atoms with Crippen LogP contribution in [0, 0.1) is 0 Å². The molecule has 0 heterocycles. The molecule has 15 heavy (non-hydrogen) atoms. The molecule has 0 radical (unpaired) electrons. The molecular formula is C13H16ClN. The van der Waals surface area contributed by atoms with E-state index >= 15 is 0 Å². The van der Waals surface area contributed by atoms with Crippen LogP contribution in [0.25, 0.3) is 0 Å². The number of nitrogens with two attached hydrogens (primary N) is 1. The zero-order chi connectivity index (χ0) is 10.7. The fourth-order valence-electron chi connectivity index (χ4n) is 1.98. The van der Waals surface area contributed by atoms with E-state index in [1.54, 1.807) is 0 Å². The fourth-order valence-corrected chi connectivity index (χ4v) is 2.19. The number of hydrogen-bond acceptors (Lipinski definition) is 1. The largest absolute Gasteiger partial charge is 0.327 e. The van der Waals surface area contributed by atoms with Crippen molar-refractivity contribution in [3.8, 4) is 0 Å². The molecule has 1 aliphatic rings. The van der Waals surface area contributed by atoms with Gasteiger partial charge in [0.15, 0.2) is 0 Å². The summed E-state index contributed by atoms with van der Waals surface area (Å²) >= 11 is 5.95. The van der Waals surface area contributed by atoms with Gasteiger partial charge in [-0.1, -0.05) is 35.4 Å². The number of allylic oxidation sites excluding steroid dienone is 1. The van der Waals surface area contributed by atoms with Crippen LogP contribution in [0.2, 0.25) is 5.02 Å². The summed E-state index contributed by atoms with van der Waals surface area (Å²) in [5, 5.41) is 0.820. The molecule has 1 nitrogen and oxygen atoms in total. The molecular weight excluding hydrogens is 206 g/mol. The predicted molar refractivity (Wildman–Crippen MR) is 65.1 cm³/mol. The van der Waals surface area contributed by atoms with E-state index < -0.39 is 0 Å². The second-order valence-corrected chi connectivity index (χ2v) is 4.64. The van der Waals surface area contributed by atoms with Crippen molar-refractivity contribution in [3.05, 3.63) is 46.5 Å². The monoisotopic (exact) mass is 221 g/mol. The zero-order valence-electron chi connectivity index (χ0n) is 8.75. The van der Waals surface area contributed by atoms with Crippen molar-refractivity contribution >= 4 is 11.6 Å². The summed E-state index contributed by atoms with van der Waals surface area (Å²) in [6.07, 6.45) is 6.58. The van der Waals surface area contributed by atoms with Crippen LogP contribution in [0.3, 0.4) is 0 Å². The summed E-state index contributed by atoms with van der Waals surface area (Å²) in [7, 11) is 0. The molecule has 2 rings (SSSR count). The molecule has 0 aromatic heterocycles. The third-order valence-corrected chi connectivity index (χ3v) is 3.10. The van der Waals surface area contributed by atoms with Crippen LogP contribution in [-0.2, 0) is 6.42 Å². The number of halogens is 1. The Hall–Kier alpha value is -0.790. The van der Waals surface area contributed by atoms with Crippen molar-refractivity contribution < 1.29 is 0 Å². The van der Waals surface area contributed by atoms with Gasteiger partial charge in [0.2, 0.25) is 0 Å². The van der Waals surface area contributed by atoms with Gasteiger partial charge in [-0.3, -0.25) is 0 Å². The molecule has 1 aromatic carbocycles. The Balaban J connectivity index is 2.03. The molecule has 1 atom stereocenters. The highest BCUT2D eigenvalue weighted by atomic mass is 35.5. The highest BCUT2D eigenvalue weighted by Gasteiger charge is 2.10. The molecule has 0 spiro atoms.